The number of methoxy groups -OCH3 is 6. The highest BCUT2D eigenvalue weighted by Gasteiger charge is 2.32. The van der Waals surface area contributed by atoms with Crippen LogP contribution in [-0.2, 0) is 29.2 Å². The fourth-order valence-corrected chi connectivity index (χ4v) is 6.99. The summed E-state index contributed by atoms with van der Waals surface area (Å²) in [6, 6.07) is 26.3. The van der Waals surface area contributed by atoms with Crippen LogP contribution in [-0.4, -0.2) is 54.3 Å². The highest BCUT2D eigenvalue weighted by atomic mass is 16.6. The molecule has 13 nitrogen and oxygen atoms in total. The minimum atomic E-state index is -0.801. The summed E-state index contributed by atoms with van der Waals surface area (Å²) in [6.07, 6.45) is -0.0536. The summed E-state index contributed by atoms with van der Waals surface area (Å²) >= 11 is 0. The summed E-state index contributed by atoms with van der Waals surface area (Å²) in [6.45, 7) is 0.419. The first-order valence-corrected chi connectivity index (χ1v) is 18.0. The molecule has 0 bridgehead atoms. The van der Waals surface area contributed by atoms with Crippen LogP contribution in [0.15, 0.2) is 99.3 Å². The van der Waals surface area contributed by atoms with Crippen molar-refractivity contribution in [1.82, 2.24) is 0 Å². The van der Waals surface area contributed by atoms with Crippen molar-refractivity contribution in [1.29, 1.82) is 0 Å². The molecule has 0 N–H and O–H groups in total. The minimum absolute atomic E-state index is 0.0978. The predicted molar refractivity (Wildman–Crippen MR) is 212 cm³/mol. The number of carbonyl (C=O) groups excluding carboxylic acids is 1. The molecule has 1 aromatic heterocycles. The smallest absolute Gasteiger partial charge is 0.374 e. The zero-order chi connectivity index (χ0) is 40.1. The number of esters is 1. The largest absolute Gasteiger partial charge is 0.496 e. The lowest BCUT2D eigenvalue weighted by Crippen LogP contribution is -2.12. The van der Waals surface area contributed by atoms with E-state index in [4.69, 9.17) is 47.1 Å². The second kappa shape index (κ2) is 16.9. The quantitative estimate of drug-likeness (QED) is 0.0933. The van der Waals surface area contributed by atoms with Gasteiger partial charge in [-0.2, -0.15) is 0 Å². The average molecular weight is 776 g/mol. The topological polar surface area (TPSA) is 143 Å². The number of rotatable bonds is 15. The van der Waals surface area contributed by atoms with Crippen LogP contribution in [0.4, 0.5) is 0 Å². The molecule has 1 atom stereocenters. The zero-order valence-corrected chi connectivity index (χ0v) is 32.3. The van der Waals surface area contributed by atoms with Gasteiger partial charge < -0.3 is 47.1 Å². The molecule has 13 heteroatoms. The first-order chi connectivity index (χ1) is 27.8. The molecule has 0 amide bonds. The number of hydrogen-bond donors (Lipinski definition) is 0. The molecule has 1 unspecified atom stereocenters. The van der Waals surface area contributed by atoms with Crippen molar-refractivity contribution < 1.29 is 51.9 Å². The Morgan fingerprint density at radius 2 is 1.30 bits per heavy atom. The van der Waals surface area contributed by atoms with E-state index < -0.39 is 17.7 Å². The van der Waals surface area contributed by atoms with Crippen LogP contribution in [0.3, 0.4) is 0 Å². The Kier molecular flexibility index (Phi) is 11.4. The maximum atomic E-state index is 13.3. The van der Waals surface area contributed by atoms with Gasteiger partial charge in [0.25, 0.3) is 0 Å². The minimum Gasteiger partial charge on any atom is -0.496 e. The first kappa shape index (κ1) is 38.4. The molecule has 6 aromatic rings. The van der Waals surface area contributed by atoms with Gasteiger partial charge in [0.15, 0.2) is 40.6 Å². The SMILES string of the molecule is COC(=O)c1cc2cc(C3CC(Cc4cc5c(OC)cc(OC)c(OC)c5c(OC)c4OCc4ccccc4)=NO3)c(OCc3ccccc3)c(OC)c2c(=O)o1. The van der Waals surface area contributed by atoms with Crippen molar-refractivity contribution in [3.8, 4) is 40.2 Å². The summed E-state index contributed by atoms with van der Waals surface area (Å²) in [7, 11) is 8.91. The fourth-order valence-electron chi connectivity index (χ4n) is 6.99. The van der Waals surface area contributed by atoms with Gasteiger partial charge in [0.05, 0.1) is 53.8 Å². The van der Waals surface area contributed by atoms with Crippen LogP contribution in [0.5, 0.6) is 40.2 Å². The number of ether oxygens (including phenoxy) is 8. The highest BCUT2D eigenvalue weighted by Crippen LogP contribution is 2.51. The molecule has 0 fully saturated rings. The number of carbonyl (C=O) groups is 1. The van der Waals surface area contributed by atoms with E-state index in [0.29, 0.717) is 69.0 Å². The molecule has 294 valence electrons. The van der Waals surface area contributed by atoms with Crippen molar-refractivity contribution in [2.75, 3.05) is 42.7 Å². The van der Waals surface area contributed by atoms with Gasteiger partial charge in [-0.25, -0.2) is 9.59 Å². The normalized spacial score (nSPS) is 13.4. The summed E-state index contributed by atoms with van der Waals surface area (Å²) < 4.78 is 52.4. The lowest BCUT2D eigenvalue weighted by atomic mass is 9.94. The van der Waals surface area contributed by atoms with Crippen LogP contribution in [0.25, 0.3) is 21.5 Å². The molecule has 1 aliphatic heterocycles. The standard InChI is InChI=1S/C44H41NO12/c1-48-32-22-34(49-2)40(50-3)37-30(32)19-28(38(42(37)52-5)54-23-25-13-9-7-10-14-25)17-29-21-33(57-45-29)31-18-27-20-35(43(46)53-6)56-44(47)36(27)41(51-4)39(31)55-24-26-15-11-8-12-16-26/h7-16,18-20,22,33H,17,21,23-24H2,1-6H3. The van der Waals surface area contributed by atoms with Gasteiger partial charge in [-0.05, 0) is 34.7 Å². The molecular formula is C44H41NO12. The van der Waals surface area contributed by atoms with Crippen molar-refractivity contribution >= 4 is 33.2 Å². The average Bonchev–Trinajstić information content (AvgIpc) is 3.72. The van der Waals surface area contributed by atoms with Crippen molar-refractivity contribution in [2.45, 2.75) is 32.2 Å². The predicted octanol–water partition coefficient (Wildman–Crippen LogP) is 7.99. The second-order valence-corrected chi connectivity index (χ2v) is 13.0. The Morgan fingerprint density at radius 3 is 1.89 bits per heavy atom. The third-order valence-electron chi connectivity index (χ3n) is 9.64. The molecule has 5 aromatic carbocycles. The van der Waals surface area contributed by atoms with Crippen molar-refractivity contribution in [3.05, 3.63) is 123 Å². The molecule has 0 spiro atoms. The van der Waals surface area contributed by atoms with E-state index >= 15 is 0 Å². The number of nitrogens with zero attached hydrogens (tertiary/aromatic N) is 1. The van der Waals surface area contributed by atoms with Gasteiger partial charge in [0, 0.05) is 35.4 Å². The molecule has 0 saturated heterocycles. The van der Waals surface area contributed by atoms with Crippen LogP contribution in [0.2, 0.25) is 0 Å². The van der Waals surface area contributed by atoms with E-state index in [-0.39, 0.29) is 35.9 Å². The van der Waals surface area contributed by atoms with Gasteiger partial charge in [-0.15, -0.1) is 0 Å². The highest BCUT2D eigenvalue weighted by molar-refractivity contribution is 6.03. The van der Waals surface area contributed by atoms with Gasteiger partial charge >= 0.3 is 11.6 Å². The second-order valence-electron chi connectivity index (χ2n) is 13.0. The zero-order valence-electron chi connectivity index (χ0n) is 32.3. The summed E-state index contributed by atoms with van der Waals surface area (Å²) in [5.41, 5.74) is 3.04. The monoisotopic (exact) mass is 775 g/mol. The Hall–Kier alpha value is -6.89. The summed E-state index contributed by atoms with van der Waals surface area (Å²) in [4.78, 5) is 31.9. The van der Waals surface area contributed by atoms with Gasteiger partial charge in [-0.3, -0.25) is 0 Å². The van der Waals surface area contributed by atoms with E-state index in [0.717, 1.165) is 16.7 Å². The first-order valence-electron chi connectivity index (χ1n) is 18.0. The maximum Gasteiger partial charge on any atom is 0.374 e. The lowest BCUT2D eigenvalue weighted by molar-refractivity contribution is 0.0560. The molecule has 0 radical (unpaired) electrons. The van der Waals surface area contributed by atoms with Gasteiger partial charge in [0.2, 0.25) is 5.76 Å². The van der Waals surface area contributed by atoms with Crippen molar-refractivity contribution in [2.24, 2.45) is 5.16 Å². The van der Waals surface area contributed by atoms with E-state index in [1.165, 1.54) is 20.3 Å². The third-order valence-corrected chi connectivity index (χ3v) is 9.64. The Bertz CT molecular complexity index is 2510. The molecule has 0 aliphatic carbocycles. The Balaban J connectivity index is 1.31. The molecule has 2 heterocycles. The van der Waals surface area contributed by atoms with Gasteiger partial charge in [-0.1, -0.05) is 65.8 Å². The number of oxime groups is 1. The number of fused-ring (bicyclic) bond motifs is 2. The Labute approximate surface area is 328 Å². The number of hydrogen-bond acceptors (Lipinski definition) is 13. The lowest BCUT2D eigenvalue weighted by Gasteiger charge is -2.21. The molecule has 1 aliphatic rings. The van der Waals surface area contributed by atoms with E-state index in [1.54, 1.807) is 40.6 Å². The number of benzene rings is 5. The van der Waals surface area contributed by atoms with Crippen LogP contribution in [0.1, 0.15) is 45.3 Å². The van der Waals surface area contributed by atoms with Crippen LogP contribution < -0.4 is 38.8 Å². The van der Waals surface area contributed by atoms with Gasteiger partial charge in [0.1, 0.15) is 24.3 Å². The third kappa shape index (κ3) is 7.56. The van der Waals surface area contributed by atoms with E-state index in [9.17, 15) is 9.59 Å². The van der Waals surface area contributed by atoms with Crippen LogP contribution >= 0.6 is 0 Å². The van der Waals surface area contributed by atoms with Crippen molar-refractivity contribution in [3.63, 3.8) is 0 Å². The maximum absolute atomic E-state index is 13.3. The molecule has 57 heavy (non-hydrogen) atoms. The summed E-state index contributed by atoms with van der Waals surface area (Å²) in [5, 5.41) is 6.35. The summed E-state index contributed by atoms with van der Waals surface area (Å²) in [5.74, 6) is 1.72. The molecule has 0 saturated carbocycles. The molecule has 7 rings (SSSR count). The molecular weight excluding hydrogens is 734 g/mol. The fraction of sp³-hybridized carbons (Fsp3) is 0.250. The van der Waals surface area contributed by atoms with E-state index in [2.05, 4.69) is 5.16 Å². The van der Waals surface area contributed by atoms with Crippen LogP contribution in [0, 0.1) is 0 Å². The van der Waals surface area contributed by atoms with E-state index in [1.807, 2.05) is 66.7 Å². The Morgan fingerprint density at radius 1 is 0.684 bits per heavy atom.